The molecule has 3 aliphatic rings. The first-order valence-electron chi connectivity index (χ1n) is 9.17. The number of anilines is 2. The van der Waals surface area contributed by atoms with Crippen LogP contribution in [0.2, 0.25) is 0 Å². The van der Waals surface area contributed by atoms with Crippen LogP contribution in [0.4, 0.5) is 15.8 Å². The highest BCUT2D eigenvalue weighted by Gasteiger charge is 2.42. The molecule has 0 aromatic heterocycles. The van der Waals surface area contributed by atoms with E-state index in [0.29, 0.717) is 41.8 Å². The molecule has 2 aromatic rings. The zero-order chi connectivity index (χ0) is 19.6. The van der Waals surface area contributed by atoms with Gasteiger partial charge in [0, 0.05) is 36.6 Å². The number of halogens is 1. The standard InChI is InChI=1S/C20H17FN2O4S/c21-14-9-15-11(5-7-19(25)22-15)8-18(14)28(26,27)23-10-12-4-6-17(24)13-2-1-3-16(23)20(12)13/h1-3,8-9,12H,4-7,10H2,(H,22,25). The average Bonchev–Trinajstić information content (AvgIpc) is 3.05. The fourth-order valence-corrected chi connectivity index (χ4v) is 6.06. The van der Waals surface area contributed by atoms with E-state index in [1.54, 1.807) is 18.2 Å². The third kappa shape index (κ3) is 2.40. The number of hydrogen-bond donors (Lipinski definition) is 1. The number of rotatable bonds is 2. The molecule has 1 unspecified atom stereocenters. The summed E-state index contributed by atoms with van der Waals surface area (Å²) in [5.74, 6) is -1.15. The molecule has 1 aliphatic carbocycles. The Morgan fingerprint density at radius 2 is 1.93 bits per heavy atom. The van der Waals surface area contributed by atoms with Crippen molar-refractivity contribution in [1.82, 2.24) is 0 Å². The molecule has 0 saturated heterocycles. The van der Waals surface area contributed by atoms with Gasteiger partial charge in [-0.25, -0.2) is 12.8 Å². The molecule has 5 rings (SSSR count). The van der Waals surface area contributed by atoms with Gasteiger partial charge in [0.15, 0.2) is 5.78 Å². The summed E-state index contributed by atoms with van der Waals surface area (Å²) >= 11 is 0. The normalized spacial score (nSPS) is 20.6. The predicted molar refractivity (Wildman–Crippen MR) is 101 cm³/mol. The van der Waals surface area contributed by atoms with Crippen molar-refractivity contribution in [2.24, 2.45) is 0 Å². The topological polar surface area (TPSA) is 83.6 Å². The molecule has 2 aliphatic heterocycles. The number of sulfonamides is 1. The number of carbonyl (C=O) groups is 2. The molecule has 2 heterocycles. The molecule has 6 nitrogen and oxygen atoms in total. The zero-order valence-corrected chi connectivity index (χ0v) is 15.7. The van der Waals surface area contributed by atoms with E-state index >= 15 is 0 Å². The second-order valence-electron chi connectivity index (χ2n) is 7.42. The van der Waals surface area contributed by atoms with Gasteiger partial charge in [-0.2, -0.15) is 0 Å². The van der Waals surface area contributed by atoms with Gasteiger partial charge in [-0.1, -0.05) is 12.1 Å². The minimum atomic E-state index is -4.14. The highest BCUT2D eigenvalue weighted by Crippen LogP contribution is 2.46. The summed E-state index contributed by atoms with van der Waals surface area (Å²) in [4.78, 5) is 23.3. The molecule has 144 valence electrons. The average molecular weight is 400 g/mol. The fourth-order valence-electron chi connectivity index (χ4n) is 4.43. The number of nitrogens with one attached hydrogen (secondary N) is 1. The number of benzene rings is 2. The van der Waals surface area contributed by atoms with Crippen LogP contribution in [0.15, 0.2) is 35.2 Å². The molecule has 2 aromatic carbocycles. The summed E-state index contributed by atoms with van der Waals surface area (Å²) in [7, 11) is -4.14. The van der Waals surface area contributed by atoms with Gasteiger partial charge in [0.25, 0.3) is 10.0 Å². The molecule has 0 saturated carbocycles. The molecule has 0 bridgehead atoms. The molecule has 1 N–H and O–H groups in total. The maximum atomic E-state index is 14.8. The molecule has 1 atom stereocenters. The van der Waals surface area contributed by atoms with Crippen LogP contribution in [-0.4, -0.2) is 26.7 Å². The Morgan fingerprint density at radius 1 is 1.11 bits per heavy atom. The number of Topliss-reactive ketones (excluding diaryl/α,β-unsaturated/α-hetero) is 1. The van der Waals surface area contributed by atoms with Crippen LogP contribution in [0.3, 0.4) is 0 Å². The second-order valence-corrected chi connectivity index (χ2v) is 9.25. The van der Waals surface area contributed by atoms with Crippen LogP contribution < -0.4 is 9.62 Å². The number of amides is 1. The van der Waals surface area contributed by atoms with Crippen molar-refractivity contribution in [2.45, 2.75) is 36.5 Å². The van der Waals surface area contributed by atoms with Gasteiger partial charge < -0.3 is 5.32 Å². The first-order valence-corrected chi connectivity index (χ1v) is 10.6. The van der Waals surface area contributed by atoms with Gasteiger partial charge in [0.05, 0.1) is 5.69 Å². The van der Waals surface area contributed by atoms with Crippen molar-refractivity contribution in [3.8, 4) is 0 Å². The second kappa shape index (κ2) is 5.88. The third-order valence-corrected chi connectivity index (χ3v) is 7.58. The summed E-state index contributed by atoms with van der Waals surface area (Å²) in [5.41, 5.74) is 2.70. The van der Waals surface area contributed by atoms with Crippen LogP contribution in [0.1, 0.15) is 46.7 Å². The van der Waals surface area contributed by atoms with Crippen LogP contribution >= 0.6 is 0 Å². The minimum absolute atomic E-state index is 0.0167. The van der Waals surface area contributed by atoms with E-state index in [-0.39, 0.29) is 30.6 Å². The van der Waals surface area contributed by atoms with Crippen LogP contribution in [-0.2, 0) is 21.2 Å². The highest BCUT2D eigenvalue weighted by molar-refractivity contribution is 7.92. The minimum Gasteiger partial charge on any atom is -0.326 e. The van der Waals surface area contributed by atoms with Crippen molar-refractivity contribution in [3.05, 3.63) is 52.8 Å². The lowest BCUT2D eigenvalue weighted by Gasteiger charge is -2.23. The van der Waals surface area contributed by atoms with Gasteiger partial charge in [0.1, 0.15) is 10.7 Å². The van der Waals surface area contributed by atoms with E-state index < -0.39 is 20.7 Å². The lowest BCUT2D eigenvalue weighted by Crippen LogP contribution is -2.31. The van der Waals surface area contributed by atoms with E-state index in [0.717, 1.165) is 11.6 Å². The summed E-state index contributed by atoms with van der Waals surface area (Å²) in [6.07, 6.45) is 1.58. The van der Waals surface area contributed by atoms with Crippen molar-refractivity contribution in [3.63, 3.8) is 0 Å². The Balaban J connectivity index is 1.62. The predicted octanol–water partition coefficient (Wildman–Crippen LogP) is 2.98. The molecule has 0 radical (unpaired) electrons. The van der Waals surface area contributed by atoms with Crippen molar-refractivity contribution in [1.29, 1.82) is 0 Å². The van der Waals surface area contributed by atoms with E-state index in [1.165, 1.54) is 10.4 Å². The molecule has 0 fully saturated rings. The van der Waals surface area contributed by atoms with Gasteiger partial charge in [-0.3, -0.25) is 13.9 Å². The Hall–Kier alpha value is -2.74. The van der Waals surface area contributed by atoms with Crippen molar-refractivity contribution >= 4 is 33.1 Å². The number of carbonyl (C=O) groups excluding carboxylic acids is 2. The smallest absolute Gasteiger partial charge is 0.267 e. The maximum absolute atomic E-state index is 14.8. The molecule has 0 spiro atoms. The van der Waals surface area contributed by atoms with E-state index in [4.69, 9.17) is 0 Å². The maximum Gasteiger partial charge on any atom is 0.267 e. The Labute approximate surface area is 161 Å². The first kappa shape index (κ1) is 17.4. The largest absolute Gasteiger partial charge is 0.326 e. The third-order valence-electron chi connectivity index (χ3n) is 5.79. The first-order chi connectivity index (χ1) is 13.4. The summed E-state index contributed by atoms with van der Waals surface area (Å²) < 4.78 is 42.7. The summed E-state index contributed by atoms with van der Waals surface area (Å²) in [5, 5.41) is 2.58. The SMILES string of the molecule is O=C1CCc2cc(S(=O)(=O)N3CC4CCC(=O)c5cccc3c54)c(F)cc2N1. The monoisotopic (exact) mass is 400 g/mol. The summed E-state index contributed by atoms with van der Waals surface area (Å²) in [6.45, 7) is 0.204. The Bertz CT molecular complexity index is 1160. The van der Waals surface area contributed by atoms with Crippen LogP contribution in [0.5, 0.6) is 0 Å². The molecular formula is C20H17FN2O4S. The lowest BCUT2D eigenvalue weighted by atomic mass is 9.83. The molecule has 8 heteroatoms. The lowest BCUT2D eigenvalue weighted by molar-refractivity contribution is -0.116. The highest BCUT2D eigenvalue weighted by atomic mass is 32.2. The molecular weight excluding hydrogens is 383 g/mol. The van der Waals surface area contributed by atoms with E-state index in [2.05, 4.69) is 5.32 Å². The van der Waals surface area contributed by atoms with Gasteiger partial charge in [-0.05, 0) is 42.2 Å². The van der Waals surface area contributed by atoms with E-state index in [9.17, 15) is 22.4 Å². The summed E-state index contributed by atoms with van der Waals surface area (Å²) in [6, 6.07) is 7.46. The van der Waals surface area contributed by atoms with Gasteiger partial charge in [0.2, 0.25) is 5.91 Å². The van der Waals surface area contributed by atoms with Crippen molar-refractivity contribution < 1.29 is 22.4 Å². The number of nitrogens with zero attached hydrogens (tertiary/aromatic N) is 1. The fraction of sp³-hybridized carbons (Fsp3) is 0.300. The van der Waals surface area contributed by atoms with Gasteiger partial charge in [-0.15, -0.1) is 0 Å². The number of ketones is 1. The Morgan fingerprint density at radius 3 is 2.75 bits per heavy atom. The quantitative estimate of drug-likeness (QED) is 0.840. The van der Waals surface area contributed by atoms with Crippen molar-refractivity contribution in [2.75, 3.05) is 16.2 Å². The Kier molecular flexibility index (Phi) is 3.64. The zero-order valence-electron chi connectivity index (χ0n) is 14.9. The van der Waals surface area contributed by atoms with Crippen LogP contribution in [0, 0.1) is 5.82 Å². The van der Waals surface area contributed by atoms with Crippen LogP contribution in [0.25, 0.3) is 0 Å². The number of hydrogen-bond acceptors (Lipinski definition) is 4. The number of fused-ring (bicyclic) bond motifs is 1. The number of aryl methyl sites for hydroxylation is 1. The molecule has 1 amide bonds. The van der Waals surface area contributed by atoms with Gasteiger partial charge >= 0.3 is 0 Å². The molecule has 28 heavy (non-hydrogen) atoms. The van der Waals surface area contributed by atoms with E-state index in [1.807, 2.05) is 0 Å².